The number of alkyl halides is 3. The highest BCUT2D eigenvalue weighted by Gasteiger charge is 2.43. The van der Waals surface area contributed by atoms with E-state index in [1.54, 1.807) is 0 Å². The minimum absolute atomic E-state index is 0.0363. The molecule has 0 amide bonds. The average molecular weight is 271 g/mol. The van der Waals surface area contributed by atoms with Crippen LogP contribution in [0.2, 0.25) is 0 Å². The molecule has 0 heterocycles. The van der Waals surface area contributed by atoms with E-state index in [9.17, 15) is 18.0 Å². The van der Waals surface area contributed by atoms with E-state index in [2.05, 4.69) is 4.74 Å². The van der Waals surface area contributed by atoms with Gasteiger partial charge in [0.1, 0.15) is 6.10 Å². The molecule has 1 aliphatic carbocycles. The molecule has 0 saturated carbocycles. The maximum Gasteiger partial charge on any atom is 0.490 e. The summed E-state index contributed by atoms with van der Waals surface area (Å²) in [7, 11) is 0. The Morgan fingerprint density at radius 2 is 2.12 bits per heavy atom. The van der Waals surface area contributed by atoms with Crippen LogP contribution in [0.25, 0.3) is 0 Å². The van der Waals surface area contributed by atoms with Gasteiger partial charge >= 0.3 is 12.1 Å². The fourth-order valence-corrected chi connectivity index (χ4v) is 1.57. The van der Waals surface area contributed by atoms with Crippen LogP contribution >= 0.6 is 11.6 Å². The number of halogens is 4. The molecule has 0 spiro atoms. The molecule has 0 radical (unpaired) electrons. The lowest BCUT2D eigenvalue weighted by atomic mass is 10.2. The van der Waals surface area contributed by atoms with Crippen LogP contribution < -0.4 is 11.5 Å². The van der Waals surface area contributed by atoms with Gasteiger partial charge in [0.15, 0.2) is 0 Å². The summed E-state index contributed by atoms with van der Waals surface area (Å²) in [5.74, 6) is -2.26. The number of allylic oxidation sites excluding steroid dienone is 2. The number of nitrogens with two attached hydrogens (primary N) is 2. The Morgan fingerprint density at radius 3 is 2.59 bits per heavy atom. The van der Waals surface area contributed by atoms with E-state index in [4.69, 9.17) is 23.1 Å². The molecule has 8 heteroatoms. The predicted molar refractivity (Wildman–Crippen MR) is 54.5 cm³/mol. The van der Waals surface area contributed by atoms with Gasteiger partial charge in [0.25, 0.3) is 0 Å². The second-order valence-corrected chi connectivity index (χ2v) is 3.88. The van der Waals surface area contributed by atoms with E-state index in [0.29, 0.717) is 12.0 Å². The molecule has 4 nitrogen and oxygen atoms in total. The highest BCUT2D eigenvalue weighted by Crippen LogP contribution is 2.29. The van der Waals surface area contributed by atoms with Crippen LogP contribution in [-0.4, -0.2) is 18.2 Å². The summed E-state index contributed by atoms with van der Waals surface area (Å²) in [6, 6.07) is 0. The highest BCUT2D eigenvalue weighted by molar-refractivity contribution is 6.29. The molecular weight excluding hydrogens is 261 g/mol. The fraction of sp³-hybridized carbons (Fsp3) is 0.444. The Labute approximate surface area is 100 Å². The number of ether oxygens (including phenoxy) is 1. The standard InChI is InChI=1S/C9H10ClF3N2O2/c10-6(14)3-4-1-2-5(7(4)15)17-8(16)9(11,12)13/h3,5H,1-2,14-15H2/b6-3-. The zero-order chi connectivity index (χ0) is 13.2. The summed E-state index contributed by atoms with van der Waals surface area (Å²) in [5.41, 5.74) is 11.3. The lowest BCUT2D eigenvalue weighted by Gasteiger charge is -2.14. The number of rotatable bonds is 2. The van der Waals surface area contributed by atoms with Crippen molar-refractivity contribution in [3.63, 3.8) is 0 Å². The van der Waals surface area contributed by atoms with Gasteiger partial charge in [-0.25, -0.2) is 4.79 Å². The van der Waals surface area contributed by atoms with Gasteiger partial charge in [-0.2, -0.15) is 13.2 Å². The fourth-order valence-electron chi connectivity index (χ4n) is 1.43. The van der Waals surface area contributed by atoms with Crippen molar-refractivity contribution in [1.82, 2.24) is 0 Å². The van der Waals surface area contributed by atoms with Crippen molar-refractivity contribution in [2.24, 2.45) is 11.5 Å². The molecular formula is C9H10ClF3N2O2. The van der Waals surface area contributed by atoms with Crippen molar-refractivity contribution in [2.45, 2.75) is 25.1 Å². The first-order valence-corrected chi connectivity index (χ1v) is 4.98. The Hall–Kier alpha value is -1.37. The Morgan fingerprint density at radius 1 is 1.53 bits per heavy atom. The zero-order valence-corrected chi connectivity index (χ0v) is 9.31. The van der Waals surface area contributed by atoms with Gasteiger partial charge < -0.3 is 16.2 Å². The second kappa shape index (κ2) is 4.87. The van der Waals surface area contributed by atoms with E-state index in [1.165, 1.54) is 6.08 Å². The van der Waals surface area contributed by atoms with Gasteiger partial charge in [-0.15, -0.1) is 0 Å². The molecule has 0 saturated heterocycles. The summed E-state index contributed by atoms with van der Waals surface area (Å²) in [5, 5.41) is -0.0363. The van der Waals surface area contributed by atoms with Gasteiger partial charge in [-0.3, -0.25) is 0 Å². The molecule has 0 aliphatic heterocycles. The van der Waals surface area contributed by atoms with Crippen molar-refractivity contribution in [3.8, 4) is 0 Å². The van der Waals surface area contributed by atoms with Gasteiger partial charge in [0, 0.05) is 0 Å². The van der Waals surface area contributed by atoms with E-state index in [0.717, 1.165) is 0 Å². The van der Waals surface area contributed by atoms with Gasteiger partial charge in [-0.1, -0.05) is 11.6 Å². The Balaban J connectivity index is 2.74. The predicted octanol–water partition coefficient (Wildman–Crippen LogP) is 1.51. The van der Waals surface area contributed by atoms with Gasteiger partial charge in [-0.05, 0) is 24.5 Å². The van der Waals surface area contributed by atoms with Crippen LogP contribution in [0.15, 0.2) is 22.5 Å². The summed E-state index contributed by atoms with van der Waals surface area (Å²) in [6.45, 7) is 0. The number of hydrogen-bond donors (Lipinski definition) is 2. The van der Waals surface area contributed by atoms with Crippen LogP contribution in [0.5, 0.6) is 0 Å². The molecule has 96 valence electrons. The number of esters is 1. The lowest BCUT2D eigenvalue weighted by Crippen LogP contribution is -2.31. The largest absolute Gasteiger partial charge is 0.490 e. The van der Waals surface area contributed by atoms with Gasteiger partial charge in [0.2, 0.25) is 0 Å². The van der Waals surface area contributed by atoms with Crippen molar-refractivity contribution in [2.75, 3.05) is 0 Å². The molecule has 1 unspecified atom stereocenters. The summed E-state index contributed by atoms with van der Waals surface area (Å²) in [6.07, 6.45) is -4.23. The quantitative estimate of drug-likeness (QED) is 0.589. The van der Waals surface area contributed by atoms with Crippen molar-refractivity contribution >= 4 is 17.6 Å². The Kier molecular flexibility index (Phi) is 3.92. The molecule has 4 N–H and O–H groups in total. The van der Waals surface area contributed by atoms with Crippen molar-refractivity contribution in [3.05, 3.63) is 22.5 Å². The second-order valence-electron chi connectivity index (χ2n) is 3.44. The molecule has 0 aromatic rings. The summed E-state index contributed by atoms with van der Waals surface area (Å²) in [4.78, 5) is 10.6. The van der Waals surface area contributed by atoms with Crippen molar-refractivity contribution in [1.29, 1.82) is 0 Å². The van der Waals surface area contributed by atoms with E-state index >= 15 is 0 Å². The molecule has 17 heavy (non-hydrogen) atoms. The SMILES string of the molecule is NC1=C(/C=C(\N)Cl)CCC1OC(=O)C(F)(F)F. The molecule has 1 atom stereocenters. The van der Waals surface area contributed by atoms with Crippen LogP contribution in [0.1, 0.15) is 12.8 Å². The molecule has 0 aromatic carbocycles. The zero-order valence-electron chi connectivity index (χ0n) is 8.55. The minimum atomic E-state index is -5.02. The summed E-state index contributed by atoms with van der Waals surface area (Å²) < 4.78 is 40.1. The minimum Gasteiger partial charge on any atom is -0.449 e. The van der Waals surface area contributed by atoms with E-state index in [1.807, 2.05) is 0 Å². The maximum atomic E-state index is 12.0. The third kappa shape index (κ3) is 3.55. The molecule has 0 fully saturated rings. The van der Waals surface area contributed by atoms with Crippen LogP contribution in [0, 0.1) is 0 Å². The highest BCUT2D eigenvalue weighted by atomic mass is 35.5. The molecule has 1 aliphatic rings. The first-order chi connectivity index (χ1) is 7.71. The molecule has 1 rings (SSSR count). The first kappa shape index (κ1) is 13.7. The number of hydrogen-bond acceptors (Lipinski definition) is 4. The monoisotopic (exact) mass is 270 g/mol. The smallest absolute Gasteiger partial charge is 0.449 e. The third-order valence-electron chi connectivity index (χ3n) is 2.19. The average Bonchev–Trinajstić information content (AvgIpc) is 2.47. The number of carbonyl (C=O) groups is 1. The van der Waals surface area contributed by atoms with Crippen molar-refractivity contribution < 1.29 is 22.7 Å². The Bertz CT molecular complexity index is 386. The van der Waals surface area contributed by atoms with Crippen LogP contribution in [-0.2, 0) is 9.53 Å². The van der Waals surface area contributed by atoms with E-state index < -0.39 is 18.2 Å². The maximum absolute atomic E-state index is 12.0. The van der Waals surface area contributed by atoms with Crippen LogP contribution in [0.3, 0.4) is 0 Å². The first-order valence-electron chi connectivity index (χ1n) is 4.61. The lowest BCUT2D eigenvalue weighted by molar-refractivity contribution is -0.203. The van der Waals surface area contributed by atoms with Gasteiger partial charge in [0.05, 0.1) is 10.9 Å². The third-order valence-corrected chi connectivity index (χ3v) is 2.30. The molecule has 0 aromatic heterocycles. The molecule has 0 bridgehead atoms. The number of carbonyl (C=O) groups excluding carboxylic acids is 1. The van der Waals surface area contributed by atoms with E-state index in [-0.39, 0.29) is 17.3 Å². The topological polar surface area (TPSA) is 78.3 Å². The van der Waals surface area contributed by atoms with Crippen LogP contribution in [0.4, 0.5) is 13.2 Å². The normalized spacial score (nSPS) is 21.9. The summed E-state index contributed by atoms with van der Waals surface area (Å²) >= 11 is 5.41.